The van der Waals surface area contributed by atoms with Crippen LogP contribution in [0.4, 0.5) is 5.69 Å². The molecule has 0 aliphatic heterocycles. The summed E-state index contributed by atoms with van der Waals surface area (Å²) in [4.78, 5) is 12.9. The molecule has 1 N–H and O–H groups in total. The fraction of sp³-hybridized carbons (Fsp3) is 0.133. The molecule has 0 aromatic heterocycles. The lowest BCUT2D eigenvalue weighted by Crippen LogP contribution is -2.13. The van der Waals surface area contributed by atoms with Crippen LogP contribution >= 0.6 is 23.4 Å². The number of rotatable bonds is 4. The number of amides is 1. The molecule has 4 heteroatoms. The van der Waals surface area contributed by atoms with Crippen LogP contribution in [-0.2, 0) is 4.79 Å². The maximum Gasteiger partial charge on any atom is 0.234 e. The third-order valence-corrected chi connectivity index (χ3v) is 3.78. The highest BCUT2D eigenvalue weighted by atomic mass is 35.5. The minimum absolute atomic E-state index is 0.0205. The van der Waals surface area contributed by atoms with E-state index < -0.39 is 0 Å². The molecule has 0 fully saturated rings. The van der Waals surface area contributed by atoms with E-state index in [0.717, 1.165) is 10.6 Å². The SMILES string of the molecule is Cc1ccc(SCC(=O)Nc2ccc(Cl)cc2)cc1. The molecule has 0 aliphatic rings. The Morgan fingerprint density at radius 2 is 1.74 bits per heavy atom. The Bertz CT molecular complexity index is 551. The first-order valence-corrected chi connectivity index (χ1v) is 7.25. The summed E-state index contributed by atoms with van der Waals surface area (Å²) in [5.41, 5.74) is 1.98. The molecule has 2 aromatic carbocycles. The van der Waals surface area contributed by atoms with Crippen LogP contribution in [-0.4, -0.2) is 11.7 Å². The zero-order chi connectivity index (χ0) is 13.7. The molecule has 19 heavy (non-hydrogen) atoms. The first-order valence-electron chi connectivity index (χ1n) is 5.88. The highest BCUT2D eigenvalue weighted by Gasteiger charge is 2.03. The van der Waals surface area contributed by atoms with Gasteiger partial charge in [0.25, 0.3) is 0 Å². The van der Waals surface area contributed by atoms with Crippen molar-refractivity contribution in [2.75, 3.05) is 11.1 Å². The summed E-state index contributed by atoms with van der Waals surface area (Å²) in [5, 5.41) is 3.49. The lowest BCUT2D eigenvalue weighted by Gasteiger charge is -2.05. The van der Waals surface area contributed by atoms with Gasteiger partial charge in [0.1, 0.15) is 0 Å². The maximum absolute atomic E-state index is 11.8. The van der Waals surface area contributed by atoms with Crippen LogP contribution in [0.15, 0.2) is 53.4 Å². The zero-order valence-corrected chi connectivity index (χ0v) is 12.1. The van der Waals surface area contributed by atoms with E-state index in [1.54, 1.807) is 24.3 Å². The molecule has 0 radical (unpaired) electrons. The third-order valence-electron chi connectivity index (χ3n) is 2.52. The van der Waals surface area contributed by atoms with Gasteiger partial charge in [0.15, 0.2) is 0 Å². The summed E-state index contributed by atoms with van der Waals surface area (Å²) >= 11 is 7.31. The lowest BCUT2D eigenvalue weighted by atomic mass is 10.2. The summed E-state index contributed by atoms with van der Waals surface area (Å²) < 4.78 is 0. The molecule has 0 unspecified atom stereocenters. The summed E-state index contributed by atoms with van der Waals surface area (Å²) in [6.07, 6.45) is 0. The molecule has 1 amide bonds. The highest BCUT2D eigenvalue weighted by molar-refractivity contribution is 8.00. The van der Waals surface area contributed by atoms with Crippen LogP contribution < -0.4 is 5.32 Å². The van der Waals surface area contributed by atoms with Crippen molar-refractivity contribution in [3.05, 3.63) is 59.1 Å². The second-order valence-electron chi connectivity index (χ2n) is 4.16. The Morgan fingerprint density at radius 3 is 2.37 bits per heavy atom. The van der Waals surface area contributed by atoms with E-state index >= 15 is 0 Å². The third kappa shape index (κ3) is 4.62. The summed E-state index contributed by atoms with van der Waals surface area (Å²) in [6.45, 7) is 2.04. The Balaban J connectivity index is 1.84. The summed E-state index contributed by atoms with van der Waals surface area (Å²) in [5.74, 6) is 0.374. The number of carbonyl (C=O) groups is 1. The van der Waals surface area contributed by atoms with Crippen molar-refractivity contribution in [2.45, 2.75) is 11.8 Å². The van der Waals surface area contributed by atoms with Gasteiger partial charge in [-0.2, -0.15) is 0 Å². The molecule has 0 aliphatic carbocycles. The van der Waals surface area contributed by atoms with Crippen LogP contribution in [0.3, 0.4) is 0 Å². The van der Waals surface area contributed by atoms with Crippen LogP contribution in [0.1, 0.15) is 5.56 Å². The van der Waals surface area contributed by atoms with E-state index in [1.165, 1.54) is 17.3 Å². The zero-order valence-electron chi connectivity index (χ0n) is 10.5. The predicted molar refractivity (Wildman–Crippen MR) is 82.0 cm³/mol. The van der Waals surface area contributed by atoms with Crippen molar-refractivity contribution >= 4 is 35.0 Å². The van der Waals surface area contributed by atoms with Gasteiger partial charge in [-0.05, 0) is 43.3 Å². The van der Waals surface area contributed by atoms with E-state index in [1.807, 2.05) is 31.2 Å². The highest BCUT2D eigenvalue weighted by Crippen LogP contribution is 2.19. The monoisotopic (exact) mass is 291 g/mol. The van der Waals surface area contributed by atoms with Crippen molar-refractivity contribution < 1.29 is 4.79 Å². The first-order chi connectivity index (χ1) is 9.13. The fourth-order valence-corrected chi connectivity index (χ4v) is 2.34. The van der Waals surface area contributed by atoms with Gasteiger partial charge >= 0.3 is 0 Å². The van der Waals surface area contributed by atoms with Crippen LogP contribution in [0.2, 0.25) is 5.02 Å². The van der Waals surface area contributed by atoms with Gasteiger partial charge in [-0.1, -0.05) is 29.3 Å². The Morgan fingerprint density at radius 1 is 1.11 bits per heavy atom. The molecule has 2 rings (SSSR count). The molecule has 0 bridgehead atoms. The largest absolute Gasteiger partial charge is 0.325 e. The van der Waals surface area contributed by atoms with Gasteiger partial charge in [0.05, 0.1) is 5.75 Å². The molecular formula is C15H14ClNOS. The maximum atomic E-state index is 11.8. The fourth-order valence-electron chi connectivity index (χ4n) is 1.51. The standard InChI is InChI=1S/C15H14ClNOS/c1-11-2-8-14(9-3-11)19-10-15(18)17-13-6-4-12(16)5-7-13/h2-9H,10H2,1H3,(H,17,18). The molecule has 0 spiro atoms. The quantitative estimate of drug-likeness (QED) is 0.847. The van der Waals surface area contributed by atoms with Gasteiger partial charge < -0.3 is 5.32 Å². The lowest BCUT2D eigenvalue weighted by molar-refractivity contribution is -0.113. The number of thioether (sulfide) groups is 1. The van der Waals surface area contributed by atoms with Gasteiger partial charge in [-0.15, -0.1) is 11.8 Å². The minimum atomic E-state index is -0.0205. The molecular weight excluding hydrogens is 278 g/mol. The Kier molecular flexibility index (Phi) is 4.88. The second kappa shape index (κ2) is 6.64. The predicted octanol–water partition coefficient (Wildman–Crippen LogP) is 4.38. The molecule has 0 heterocycles. The van der Waals surface area contributed by atoms with E-state index in [9.17, 15) is 4.79 Å². The van der Waals surface area contributed by atoms with Gasteiger partial charge in [0, 0.05) is 15.6 Å². The van der Waals surface area contributed by atoms with Crippen molar-refractivity contribution in [3.63, 3.8) is 0 Å². The van der Waals surface area contributed by atoms with Gasteiger partial charge in [-0.3, -0.25) is 4.79 Å². The van der Waals surface area contributed by atoms with Crippen molar-refractivity contribution in [1.82, 2.24) is 0 Å². The minimum Gasteiger partial charge on any atom is -0.325 e. The van der Waals surface area contributed by atoms with Crippen molar-refractivity contribution in [1.29, 1.82) is 0 Å². The summed E-state index contributed by atoms with van der Waals surface area (Å²) in [6, 6.07) is 15.2. The molecule has 0 atom stereocenters. The normalized spacial score (nSPS) is 10.2. The molecule has 2 nitrogen and oxygen atoms in total. The van der Waals surface area contributed by atoms with Crippen molar-refractivity contribution in [3.8, 4) is 0 Å². The Hall–Kier alpha value is -1.45. The number of hydrogen-bond acceptors (Lipinski definition) is 2. The van der Waals surface area contributed by atoms with E-state index in [-0.39, 0.29) is 5.91 Å². The summed E-state index contributed by atoms with van der Waals surface area (Å²) in [7, 11) is 0. The number of anilines is 1. The van der Waals surface area contributed by atoms with E-state index in [0.29, 0.717) is 10.8 Å². The molecule has 98 valence electrons. The number of aryl methyl sites for hydroxylation is 1. The number of benzene rings is 2. The average molecular weight is 292 g/mol. The number of hydrogen-bond donors (Lipinski definition) is 1. The van der Waals surface area contributed by atoms with Crippen molar-refractivity contribution in [2.24, 2.45) is 0 Å². The van der Waals surface area contributed by atoms with Crippen LogP contribution in [0.5, 0.6) is 0 Å². The average Bonchev–Trinajstić information content (AvgIpc) is 2.41. The van der Waals surface area contributed by atoms with Gasteiger partial charge in [-0.25, -0.2) is 0 Å². The second-order valence-corrected chi connectivity index (χ2v) is 5.64. The van der Waals surface area contributed by atoms with E-state index in [4.69, 9.17) is 11.6 Å². The smallest absolute Gasteiger partial charge is 0.234 e. The van der Waals surface area contributed by atoms with Crippen LogP contribution in [0, 0.1) is 6.92 Å². The first kappa shape index (κ1) is 14.0. The van der Waals surface area contributed by atoms with Gasteiger partial charge in [0.2, 0.25) is 5.91 Å². The molecule has 0 saturated carbocycles. The topological polar surface area (TPSA) is 29.1 Å². The van der Waals surface area contributed by atoms with E-state index in [2.05, 4.69) is 5.32 Å². The number of carbonyl (C=O) groups excluding carboxylic acids is 1. The van der Waals surface area contributed by atoms with Crippen LogP contribution in [0.25, 0.3) is 0 Å². The number of halogens is 1. The molecule has 0 saturated heterocycles. The molecule has 2 aromatic rings. The Labute approximate surface area is 122 Å². The number of nitrogens with one attached hydrogen (secondary N) is 1.